The minimum absolute atomic E-state index is 0.0194. The van der Waals surface area contributed by atoms with Crippen LogP contribution in [-0.4, -0.2) is 27.4 Å². The van der Waals surface area contributed by atoms with Gasteiger partial charge in [-0.1, -0.05) is 37.1 Å². The lowest BCUT2D eigenvalue weighted by Gasteiger charge is -2.23. The van der Waals surface area contributed by atoms with Crippen molar-refractivity contribution in [1.82, 2.24) is 5.32 Å². The molecule has 0 spiro atoms. The van der Waals surface area contributed by atoms with Gasteiger partial charge in [-0.25, -0.2) is 0 Å². The van der Waals surface area contributed by atoms with E-state index >= 15 is 0 Å². The predicted octanol–water partition coefficient (Wildman–Crippen LogP) is 4.69. The number of rotatable bonds is 4. The molecule has 5 heteroatoms. The maximum Gasteiger partial charge on any atom is 0.115 e. The smallest absolute Gasteiger partial charge is 0.115 e. The van der Waals surface area contributed by atoms with E-state index in [2.05, 4.69) is 11.4 Å². The van der Waals surface area contributed by atoms with E-state index < -0.39 is 0 Å². The summed E-state index contributed by atoms with van der Waals surface area (Å²) < 4.78 is 0. The Morgan fingerprint density at radius 3 is 1.79 bits per heavy atom. The first-order valence-corrected chi connectivity index (χ1v) is 12.7. The summed E-state index contributed by atoms with van der Waals surface area (Å²) in [7, 11) is 0. The monoisotopic (exact) mass is 452 g/mol. The molecular formula is C28H40N2O3. The molecule has 4 aliphatic rings. The molecule has 6 atom stereocenters. The van der Waals surface area contributed by atoms with Crippen LogP contribution in [0, 0.1) is 23.7 Å². The molecule has 0 radical (unpaired) electrons. The van der Waals surface area contributed by atoms with E-state index in [1.54, 1.807) is 24.3 Å². The van der Waals surface area contributed by atoms with Gasteiger partial charge in [-0.2, -0.15) is 0 Å². The van der Waals surface area contributed by atoms with Crippen LogP contribution in [0.3, 0.4) is 0 Å². The van der Waals surface area contributed by atoms with E-state index in [9.17, 15) is 5.11 Å². The summed E-state index contributed by atoms with van der Waals surface area (Å²) in [5.41, 5.74) is 7.73. The molecule has 4 saturated carbocycles. The number of nitrogens with two attached hydrogens (primary N) is 1. The van der Waals surface area contributed by atoms with Crippen LogP contribution in [0.4, 0.5) is 0 Å². The number of phenols is 2. The molecule has 0 heterocycles. The third-order valence-electron chi connectivity index (χ3n) is 8.10. The first-order valence-electron chi connectivity index (χ1n) is 12.7. The van der Waals surface area contributed by atoms with Gasteiger partial charge in [0.2, 0.25) is 0 Å². The number of fused-ring (bicyclic) bond motifs is 4. The number of aromatic hydroxyl groups is 2. The molecule has 0 amide bonds. The largest absolute Gasteiger partial charge is 0.508 e. The Kier molecular flexibility index (Phi) is 8.29. The molecular weight excluding hydrogens is 412 g/mol. The summed E-state index contributed by atoms with van der Waals surface area (Å²) in [6.07, 6.45) is 11.3. The Labute approximate surface area is 198 Å². The Bertz CT molecular complexity index is 887. The number of hydrogen-bond donors (Lipinski definition) is 5. The zero-order valence-corrected chi connectivity index (χ0v) is 19.6. The Morgan fingerprint density at radius 2 is 1.36 bits per heavy atom. The van der Waals surface area contributed by atoms with E-state index in [4.69, 9.17) is 15.9 Å². The average molecular weight is 453 g/mol. The van der Waals surface area contributed by atoms with Gasteiger partial charge in [-0.05, 0) is 97.6 Å². The number of phenolic OH excluding ortho intramolecular Hbond substituents is 2. The lowest BCUT2D eigenvalue weighted by molar-refractivity contribution is 0.281. The van der Waals surface area contributed by atoms with Crippen LogP contribution in [-0.2, 0) is 13.2 Å². The van der Waals surface area contributed by atoms with Crippen molar-refractivity contribution in [3.05, 3.63) is 59.7 Å². The normalized spacial score (nSPS) is 31.0. The minimum Gasteiger partial charge on any atom is -0.508 e. The summed E-state index contributed by atoms with van der Waals surface area (Å²) in [6.45, 7) is 0.872. The minimum atomic E-state index is -0.0194. The van der Waals surface area contributed by atoms with Crippen LogP contribution in [0.2, 0.25) is 0 Å². The van der Waals surface area contributed by atoms with Crippen LogP contribution in [0.15, 0.2) is 48.5 Å². The SMILES string of the molecule is NC1CC2CCC1C2.OCc1cccc(O)c1.Oc1cccc(CNC2CC3CCC2C3)c1. The summed E-state index contributed by atoms with van der Waals surface area (Å²) in [4.78, 5) is 0. The molecule has 0 saturated heterocycles. The average Bonchev–Trinajstić information content (AvgIpc) is 3.61. The summed E-state index contributed by atoms with van der Waals surface area (Å²) in [5, 5.41) is 30.4. The van der Waals surface area contributed by atoms with E-state index in [0.29, 0.717) is 11.8 Å². The van der Waals surface area contributed by atoms with Crippen molar-refractivity contribution < 1.29 is 15.3 Å². The van der Waals surface area contributed by atoms with Gasteiger partial charge in [0.25, 0.3) is 0 Å². The van der Waals surface area contributed by atoms with Crippen molar-refractivity contribution >= 4 is 0 Å². The third kappa shape index (κ3) is 6.72. The Hall–Kier alpha value is -2.08. The first-order chi connectivity index (χ1) is 16.0. The molecule has 2 aromatic rings. The topological polar surface area (TPSA) is 98.7 Å². The fourth-order valence-corrected chi connectivity index (χ4v) is 6.36. The maximum atomic E-state index is 9.38. The van der Waals surface area contributed by atoms with Gasteiger partial charge in [-0.3, -0.25) is 0 Å². The molecule has 6 N–H and O–H groups in total. The highest BCUT2D eigenvalue weighted by molar-refractivity contribution is 5.27. The van der Waals surface area contributed by atoms with E-state index in [1.807, 2.05) is 12.1 Å². The Morgan fingerprint density at radius 1 is 0.758 bits per heavy atom. The van der Waals surface area contributed by atoms with E-state index in [0.717, 1.165) is 41.8 Å². The molecule has 5 nitrogen and oxygen atoms in total. The zero-order valence-electron chi connectivity index (χ0n) is 19.6. The summed E-state index contributed by atoms with van der Waals surface area (Å²) in [5.74, 6) is 4.41. The fourth-order valence-electron chi connectivity index (χ4n) is 6.36. The quantitative estimate of drug-likeness (QED) is 0.464. The molecule has 4 fully saturated rings. The molecule has 33 heavy (non-hydrogen) atoms. The highest BCUT2D eigenvalue weighted by Gasteiger charge is 2.39. The molecule has 2 aromatic carbocycles. The van der Waals surface area contributed by atoms with E-state index in [-0.39, 0.29) is 12.4 Å². The van der Waals surface area contributed by atoms with Gasteiger partial charge in [0.1, 0.15) is 11.5 Å². The van der Waals surface area contributed by atoms with Crippen LogP contribution in [0.1, 0.15) is 62.5 Å². The molecule has 6 rings (SSSR count). The first kappa shape index (κ1) is 24.1. The van der Waals surface area contributed by atoms with Crippen LogP contribution >= 0.6 is 0 Å². The predicted molar refractivity (Wildman–Crippen MR) is 132 cm³/mol. The Balaban J connectivity index is 0.000000129. The molecule has 180 valence electrons. The maximum absolute atomic E-state index is 9.38. The number of aliphatic hydroxyl groups excluding tert-OH is 1. The molecule has 0 aliphatic heterocycles. The number of benzene rings is 2. The number of hydrogen-bond acceptors (Lipinski definition) is 5. The fraction of sp³-hybridized carbons (Fsp3) is 0.571. The van der Waals surface area contributed by atoms with Crippen LogP contribution < -0.4 is 11.1 Å². The summed E-state index contributed by atoms with van der Waals surface area (Å²) >= 11 is 0. The van der Waals surface area contributed by atoms with Crippen molar-refractivity contribution in [1.29, 1.82) is 0 Å². The second-order valence-corrected chi connectivity index (χ2v) is 10.5. The highest BCUT2D eigenvalue weighted by atomic mass is 16.3. The van der Waals surface area contributed by atoms with Crippen molar-refractivity contribution in [2.45, 2.75) is 76.6 Å². The van der Waals surface area contributed by atoms with Crippen LogP contribution in [0.25, 0.3) is 0 Å². The molecule has 4 aliphatic carbocycles. The second kappa shape index (κ2) is 11.4. The van der Waals surface area contributed by atoms with Crippen molar-refractivity contribution in [2.24, 2.45) is 29.4 Å². The van der Waals surface area contributed by atoms with Crippen molar-refractivity contribution in [2.75, 3.05) is 0 Å². The molecule has 4 bridgehead atoms. The number of nitrogens with one attached hydrogen (secondary N) is 1. The third-order valence-corrected chi connectivity index (χ3v) is 8.10. The number of aliphatic hydroxyl groups is 1. The van der Waals surface area contributed by atoms with Gasteiger partial charge >= 0.3 is 0 Å². The van der Waals surface area contributed by atoms with Gasteiger partial charge < -0.3 is 26.4 Å². The lowest BCUT2D eigenvalue weighted by Crippen LogP contribution is -2.33. The van der Waals surface area contributed by atoms with Gasteiger partial charge in [-0.15, -0.1) is 0 Å². The molecule has 0 aromatic heterocycles. The summed E-state index contributed by atoms with van der Waals surface area (Å²) in [6, 6.07) is 15.4. The van der Waals surface area contributed by atoms with Crippen molar-refractivity contribution in [3.8, 4) is 11.5 Å². The lowest BCUT2D eigenvalue weighted by atomic mass is 9.95. The molecule has 6 unspecified atom stereocenters. The highest BCUT2D eigenvalue weighted by Crippen LogP contribution is 2.44. The van der Waals surface area contributed by atoms with Gasteiger partial charge in [0.15, 0.2) is 0 Å². The van der Waals surface area contributed by atoms with Gasteiger partial charge in [0.05, 0.1) is 6.61 Å². The van der Waals surface area contributed by atoms with Crippen molar-refractivity contribution in [3.63, 3.8) is 0 Å². The van der Waals surface area contributed by atoms with E-state index in [1.165, 1.54) is 63.0 Å². The standard InChI is InChI=1S/C14H19NO.C7H13N.C7H8O2/c16-13-3-1-2-11(7-13)9-15-14-8-10-4-5-12(14)6-10;8-7-4-5-1-2-6(7)3-5;8-5-6-2-1-3-7(9)4-6/h1-3,7,10,12,14-16H,4-6,8-9H2;5-7H,1-4,8H2;1-4,8-9H,5H2. The van der Waals surface area contributed by atoms with Gasteiger partial charge in [0, 0.05) is 18.6 Å². The zero-order chi connectivity index (χ0) is 23.2. The van der Waals surface area contributed by atoms with Crippen LogP contribution in [0.5, 0.6) is 11.5 Å². The second-order valence-electron chi connectivity index (χ2n) is 10.5.